The van der Waals surface area contributed by atoms with Crippen LogP contribution in [0, 0.1) is 0 Å². The fourth-order valence-corrected chi connectivity index (χ4v) is 5.12. The van der Waals surface area contributed by atoms with Gasteiger partial charge in [-0.3, -0.25) is 9.78 Å². The third-order valence-corrected chi connectivity index (χ3v) is 5.62. The number of carbonyl (C=O) groups excluding carboxylic acids is 1. The number of nitrogens with zero attached hydrogens (tertiary/aromatic N) is 1. The molecule has 0 saturated heterocycles. The van der Waals surface area contributed by atoms with Gasteiger partial charge in [0.25, 0.3) is 0 Å². The van der Waals surface area contributed by atoms with E-state index in [4.69, 9.17) is 0 Å². The van der Waals surface area contributed by atoms with Gasteiger partial charge < -0.3 is 5.32 Å². The molecule has 0 unspecified atom stereocenters. The van der Waals surface area contributed by atoms with E-state index in [0.717, 1.165) is 18.3 Å². The van der Waals surface area contributed by atoms with Gasteiger partial charge in [0.05, 0.1) is 17.6 Å². The maximum absolute atomic E-state index is 11.9. The van der Waals surface area contributed by atoms with Crippen molar-refractivity contribution in [2.45, 2.75) is 4.90 Å². The molecule has 7 heteroatoms. The van der Waals surface area contributed by atoms with Crippen LogP contribution in [0.5, 0.6) is 0 Å². The number of aromatic nitrogens is 1. The Morgan fingerprint density at radius 1 is 1.25 bits per heavy atom. The van der Waals surface area contributed by atoms with Crippen molar-refractivity contribution in [2.24, 2.45) is 0 Å². The number of thioether (sulfide) groups is 1. The summed E-state index contributed by atoms with van der Waals surface area (Å²) < 4.78 is 2.86. The van der Waals surface area contributed by atoms with E-state index < -0.39 is 0 Å². The fourth-order valence-electron chi connectivity index (χ4n) is 1.44. The molecule has 2 aromatic rings. The minimum Gasteiger partial charge on any atom is -0.324 e. The Labute approximate surface area is 146 Å². The van der Waals surface area contributed by atoms with E-state index in [9.17, 15) is 4.79 Å². The number of benzene rings is 1. The van der Waals surface area contributed by atoms with Gasteiger partial charge in [-0.1, -0.05) is 15.9 Å². The molecule has 0 aliphatic carbocycles. The predicted octanol–water partition coefficient (Wildman–Crippen LogP) is 5.10. The Kier molecular flexibility index (Phi) is 6.07. The van der Waals surface area contributed by atoms with E-state index in [2.05, 4.69) is 58.1 Å². The van der Waals surface area contributed by atoms with Gasteiger partial charge >= 0.3 is 0 Å². The van der Waals surface area contributed by atoms with Crippen LogP contribution >= 0.6 is 59.6 Å². The first kappa shape index (κ1) is 16.0. The molecular weight excluding hydrogens is 472 g/mol. The summed E-state index contributed by atoms with van der Waals surface area (Å²) in [5.41, 5.74) is 0.701. The predicted molar refractivity (Wildman–Crippen MR) is 93.1 cm³/mol. The summed E-state index contributed by atoms with van der Waals surface area (Å²) in [7, 11) is 0. The minimum absolute atomic E-state index is 0.0651. The molecule has 0 saturated carbocycles. The van der Waals surface area contributed by atoms with Gasteiger partial charge in [-0.05, 0) is 56.1 Å². The van der Waals surface area contributed by atoms with Gasteiger partial charge in [-0.25, -0.2) is 0 Å². The lowest BCUT2D eigenvalue weighted by Crippen LogP contribution is -2.14. The molecule has 1 aromatic heterocycles. The number of nitrogens with one attached hydrogen (secondary N) is 1. The van der Waals surface area contributed by atoms with Crippen molar-refractivity contribution in [3.8, 4) is 0 Å². The number of hydrogen-bond donors (Lipinski definition) is 1. The number of carbonyl (C=O) groups is 1. The smallest absolute Gasteiger partial charge is 0.234 e. The van der Waals surface area contributed by atoms with Crippen LogP contribution < -0.4 is 5.32 Å². The summed E-state index contributed by atoms with van der Waals surface area (Å²) in [6.07, 6.45) is 3.29. The largest absolute Gasteiger partial charge is 0.324 e. The first-order valence-corrected chi connectivity index (χ1v) is 8.90. The SMILES string of the molecule is O=C(CSc1c(Br)cc(Br)cc1Br)Nc1cccnc1. The lowest BCUT2D eigenvalue weighted by molar-refractivity contribution is -0.113. The van der Waals surface area contributed by atoms with Gasteiger partial charge in [0, 0.05) is 24.5 Å². The molecule has 0 aliphatic rings. The summed E-state index contributed by atoms with van der Waals surface area (Å²) in [4.78, 5) is 16.8. The number of halogens is 3. The highest BCUT2D eigenvalue weighted by atomic mass is 79.9. The highest BCUT2D eigenvalue weighted by molar-refractivity contribution is 9.11. The zero-order chi connectivity index (χ0) is 14.5. The Morgan fingerprint density at radius 2 is 1.95 bits per heavy atom. The normalized spacial score (nSPS) is 10.3. The number of hydrogen-bond acceptors (Lipinski definition) is 3. The summed E-state index contributed by atoms with van der Waals surface area (Å²) in [5.74, 6) is 0.262. The first-order valence-electron chi connectivity index (χ1n) is 5.53. The van der Waals surface area contributed by atoms with E-state index in [1.165, 1.54) is 11.8 Å². The van der Waals surface area contributed by atoms with Crippen LogP contribution in [-0.2, 0) is 4.79 Å². The van der Waals surface area contributed by atoms with Crippen molar-refractivity contribution in [1.82, 2.24) is 4.98 Å². The van der Waals surface area contributed by atoms with E-state index >= 15 is 0 Å². The molecule has 104 valence electrons. The number of amides is 1. The van der Waals surface area contributed by atoms with Crippen molar-refractivity contribution >= 4 is 71.1 Å². The van der Waals surface area contributed by atoms with Crippen LogP contribution in [0.25, 0.3) is 0 Å². The van der Waals surface area contributed by atoms with E-state index in [-0.39, 0.29) is 5.91 Å². The second-order valence-corrected chi connectivity index (χ2v) is 7.39. The molecule has 0 atom stereocenters. The zero-order valence-electron chi connectivity index (χ0n) is 10.1. The van der Waals surface area contributed by atoms with Crippen molar-refractivity contribution in [2.75, 3.05) is 11.1 Å². The fraction of sp³-hybridized carbons (Fsp3) is 0.0769. The Morgan fingerprint density at radius 3 is 2.55 bits per heavy atom. The average molecular weight is 481 g/mol. The molecule has 2 rings (SSSR count). The third-order valence-electron chi connectivity index (χ3n) is 2.26. The van der Waals surface area contributed by atoms with E-state index in [1.807, 2.05) is 12.1 Å². The Bertz CT molecular complexity index is 599. The molecule has 0 bridgehead atoms. The van der Waals surface area contributed by atoms with Crippen LogP contribution in [0.3, 0.4) is 0 Å². The molecule has 1 N–H and O–H groups in total. The van der Waals surface area contributed by atoms with Crippen LogP contribution in [0.2, 0.25) is 0 Å². The quantitative estimate of drug-likeness (QED) is 0.619. The Balaban J connectivity index is 1.97. The lowest BCUT2D eigenvalue weighted by atomic mass is 10.4. The number of pyridine rings is 1. The van der Waals surface area contributed by atoms with Crippen LogP contribution in [0.1, 0.15) is 0 Å². The maximum Gasteiger partial charge on any atom is 0.234 e. The summed E-state index contributed by atoms with van der Waals surface area (Å²) in [5, 5.41) is 2.80. The van der Waals surface area contributed by atoms with Gasteiger partial charge in [0.15, 0.2) is 0 Å². The molecule has 1 amide bonds. The molecule has 0 fully saturated rings. The highest BCUT2D eigenvalue weighted by Gasteiger charge is 2.10. The van der Waals surface area contributed by atoms with E-state index in [0.29, 0.717) is 11.4 Å². The van der Waals surface area contributed by atoms with Gasteiger partial charge in [-0.2, -0.15) is 0 Å². The first-order chi connectivity index (χ1) is 9.56. The summed E-state index contributed by atoms with van der Waals surface area (Å²) in [6.45, 7) is 0. The minimum atomic E-state index is -0.0651. The molecule has 20 heavy (non-hydrogen) atoms. The topological polar surface area (TPSA) is 42.0 Å². The number of rotatable bonds is 4. The second kappa shape index (κ2) is 7.59. The molecule has 3 nitrogen and oxygen atoms in total. The molecule has 1 heterocycles. The maximum atomic E-state index is 11.9. The standard InChI is InChI=1S/C13H9Br3N2OS/c14-8-4-10(15)13(11(16)5-8)20-7-12(19)18-9-2-1-3-17-6-9/h1-6H,7H2,(H,18,19). The van der Waals surface area contributed by atoms with Crippen molar-refractivity contribution in [1.29, 1.82) is 0 Å². The second-order valence-electron chi connectivity index (χ2n) is 3.78. The average Bonchev–Trinajstić information content (AvgIpc) is 2.38. The summed E-state index contributed by atoms with van der Waals surface area (Å²) in [6, 6.07) is 7.49. The highest BCUT2D eigenvalue weighted by Crippen LogP contribution is 2.37. The molecule has 1 aromatic carbocycles. The van der Waals surface area contributed by atoms with Crippen LogP contribution in [0.4, 0.5) is 5.69 Å². The zero-order valence-corrected chi connectivity index (χ0v) is 15.6. The molecule has 0 radical (unpaired) electrons. The van der Waals surface area contributed by atoms with Gasteiger partial charge in [-0.15, -0.1) is 11.8 Å². The van der Waals surface area contributed by atoms with Crippen molar-refractivity contribution < 1.29 is 4.79 Å². The molecule has 0 aliphatic heterocycles. The lowest BCUT2D eigenvalue weighted by Gasteiger charge is -2.08. The molecular formula is C13H9Br3N2OS. The van der Waals surface area contributed by atoms with Crippen molar-refractivity contribution in [3.05, 3.63) is 50.1 Å². The van der Waals surface area contributed by atoms with E-state index in [1.54, 1.807) is 24.5 Å². The van der Waals surface area contributed by atoms with Gasteiger partial charge in [0.2, 0.25) is 5.91 Å². The van der Waals surface area contributed by atoms with Gasteiger partial charge in [0.1, 0.15) is 0 Å². The molecule has 0 spiro atoms. The monoisotopic (exact) mass is 478 g/mol. The van der Waals surface area contributed by atoms with Crippen LogP contribution in [-0.4, -0.2) is 16.6 Å². The van der Waals surface area contributed by atoms with Crippen molar-refractivity contribution in [3.63, 3.8) is 0 Å². The number of anilines is 1. The van der Waals surface area contributed by atoms with Crippen LogP contribution in [0.15, 0.2) is 55.0 Å². The Hall–Kier alpha value is -0.370. The summed E-state index contributed by atoms with van der Waals surface area (Å²) >= 11 is 11.9. The third kappa shape index (κ3) is 4.58.